The number of rotatable bonds is 3. The summed E-state index contributed by atoms with van der Waals surface area (Å²) in [4.78, 5) is 26.3. The summed E-state index contributed by atoms with van der Waals surface area (Å²) < 4.78 is 0. The third-order valence-corrected chi connectivity index (χ3v) is 4.65. The quantitative estimate of drug-likeness (QED) is 0.825. The molecule has 5 nitrogen and oxygen atoms in total. The minimum atomic E-state index is -0.417. The molecule has 2 N–H and O–H groups in total. The molecule has 2 amide bonds. The molecule has 1 aliphatic carbocycles. The van der Waals surface area contributed by atoms with Crippen molar-refractivity contribution in [2.45, 2.75) is 64.5 Å². The summed E-state index contributed by atoms with van der Waals surface area (Å²) in [6.45, 7) is 5.06. The maximum absolute atomic E-state index is 12.4. The van der Waals surface area contributed by atoms with Crippen molar-refractivity contribution in [3.05, 3.63) is 0 Å². The van der Waals surface area contributed by atoms with Gasteiger partial charge in [0.25, 0.3) is 0 Å². The minimum Gasteiger partial charge on any atom is -0.391 e. The second kappa shape index (κ2) is 7.25. The molecule has 1 unspecified atom stereocenters. The van der Waals surface area contributed by atoms with E-state index >= 15 is 0 Å². The summed E-state index contributed by atoms with van der Waals surface area (Å²) in [7, 11) is 0. The van der Waals surface area contributed by atoms with Crippen molar-refractivity contribution in [2.24, 2.45) is 11.8 Å². The van der Waals surface area contributed by atoms with Gasteiger partial charge < -0.3 is 15.3 Å². The maximum atomic E-state index is 12.4. The number of aliphatic hydroxyl groups excluding tert-OH is 1. The van der Waals surface area contributed by atoms with Crippen LogP contribution in [0.25, 0.3) is 0 Å². The van der Waals surface area contributed by atoms with Crippen molar-refractivity contribution >= 4 is 11.8 Å². The molecule has 0 spiro atoms. The van der Waals surface area contributed by atoms with Gasteiger partial charge in [0.15, 0.2) is 0 Å². The van der Waals surface area contributed by atoms with Crippen LogP contribution < -0.4 is 5.32 Å². The van der Waals surface area contributed by atoms with Gasteiger partial charge in [-0.1, -0.05) is 26.7 Å². The number of nitrogens with one attached hydrogen (secondary N) is 1. The van der Waals surface area contributed by atoms with Crippen LogP contribution in [0.1, 0.15) is 52.4 Å². The molecule has 0 aromatic carbocycles. The van der Waals surface area contributed by atoms with Crippen LogP contribution in [0.2, 0.25) is 0 Å². The van der Waals surface area contributed by atoms with E-state index < -0.39 is 6.10 Å². The molecule has 1 saturated carbocycles. The van der Waals surface area contributed by atoms with Crippen molar-refractivity contribution in [1.29, 1.82) is 0 Å². The van der Waals surface area contributed by atoms with Crippen LogP contribution in [-0.4, -0.2) is 47.1 Å². The monoisotopic (exact) mass is 296 g/mol. The Morgan fingerprint density at radius 3 is 2.52 bits per heavy atom. The first-order valence-corrected chi connectivity index (χ1v) is 8.26. The lowest BCUT2D eigenvalue weighted by molar-refractivity contribution is -0.138. The van der Waals surface area contributed by atoms with Gasteiger partial charge in [0, 0.05) is 19.0 Å². The molecule has 0 bridgehead atoms. The zero-order chi connectivity index (χ0) is 15.4. The Morgan fingerprint density at radius 1 is 1.14 bits per heavy atom. The average Bonchev–Trinajstić information content (AvgIpc) is 2.48. The summed E-state index contributed by atoms with van der Waals surface area (Å²) >= 11 is 0. The number of piperidine rings is 1. The van der Waals surface area contributed by atoms with Crippen LogP contribution in [0.15, 0.2) is 0 Å². The van der Waals surface area contributed by atoms with Crippen molar-refractivity contribution in [3.63, 3.8) is 0 Å². The minimum absolute atomic E-state index is 0.00204. The number of aliphatic hydroxyl groups is 1. The van der Waals surface area contributed by atoms with E-state index in [0.29, 0.717) is 6.54 Å². The van der Waals surface area contributed by atoms with E-state index in [2.05, 4.69) is 5.32 Å². The number of carbonyl (C=O) groups is 2. The van der Waals surface area contributed by atoms with E-state index in [-0.39, 0.29) is 29.7 Å². The van der Waals surface area contributed by atoms with Gasteiger partial charge in [0.2, 0.25) is 11.8 Å². The fourth-order valence-electron chi connectivity index (χ4n) is 3.34. The Kier molecular flexibility index (Phi) is 5.62. The van der Waals surface area contributed by atoms with E-state index in [0.717, 1.165) is 45.1 Å². The predicted octanol–water partition coefficient (Wildman–Crippen LogP) is 1.30. The Bertz CT molecular complexity index is 384. The molecule has 2 aliphatic rings. The summed E-state index contributed by atoms with van der Waals surface area (Å²) in [5, 5.41) is 13.0. The largest absolute Gasteiger partial charge is 0.391 e. The molecule has 5 heteroatoms. The third-order valence-electron chi connectivity index (χ3n) is 4.65. The van der Waals surface area contributed by atoms with Crippen LogP contribution in [0, 0.1) is 11.8 Å². The molecule has 0 radical (unpaired) electrons. The second-order valence-electron chi connectivity index (χ2n) is 6.74. The first-order valence-electron chi connectivity index (χ1n) is 8.26. The Balaban J connectivity index is 1.88. The van der Waals surface area contributed by atoms with Gasteiger partial charge in [-0.05, 0) is 25.7 Å². The molecule has 21 heavy (non-hydrogen) atoms. The Hall–Kier alpha value is -1.10. The second-order valence-corrected chi connectivity index (χ2v) is 6.74. The number of nitrogens with zero attached hydrogens (tertiary/aromatic N) is 1. The molecular formula is C16H28N2O3. The average molecular weight is 296 g/mol. The molecule has 1 heterocycles. The van der Waals surface area contributed by atoms with Crippen LogP contribution >= 0.6 is 0 Å². The molecule has 0 aromatic heterocycles. The zero-order valence-electron chi connectivity index (χ0n) is 13.2. The van der Waals surface area contributed by atoms with Crippen LogP contribution in [0.3, 0.4) is 0 Å². The standard InChI is InChI=1S/C16H28N2O3/c1-11(2)16(21)18-9-5-6-12(10-18)15(20)17-13-7-3-4-8-14(13)19/h11-14,19H,3-10H2,1-2H3,(H,17,20)/t12?,13-,14-/m0/s1. The highest BCUT2D eigenvalue weighted by Crippen LogP contribution is 2.22. The van der Waals surface area contributed by atoms with Crippen LogP contribution in [-0.2, 0) is 9.59 Å². The fraction of sp³-hybridized carbons (Fsp3) is 0.875. The van der Waals surface area contributed by atoms with Gasteiger partial charge >= 0.3 is 0 Å². The van der Waals surface area contributed by atoms with Gasteiger partial charge in [0.1, 0.15) is 0 Å². The number of carbonyl (C=O) groups excluding carboxylic acids is 2. The van der Waals surface area contributed by atoms with Crippen LogP contribution in [0.5, 0.6) is 0 Å². The van der Waals surface area contributed by atoms with Crippen molar-refractivity contribution in [1.82, 2.24) is 10.2 Å². The molecule has 2 fully saturated rings. The van der Waals surface area contributed by atoms with Gasteiger partial charge in [-0.3, -0.25) is 9.59 Å². The smallest absolute Gasteiger partial charge is 0.225 e. The highest BCUT2D eigenvalue weighted by Gasteiger charge is 2.32. The molecule has 2 rings (SSSR count). The summed E-state index contributed by atoms with van der Waals surface area (Å²) in [5.41, 5.74) is 0. The SMILES string of the molecule is CC(C)C(=O)N1CCCC(C(=O)N[C@H]2CCCC[C@@H]2O)C1. The van der Waals surface area contributed by atoms with Crippen LogP contribution in [0.4, 0.5) is 0 Å². The van der Waals surface area contributed by atoms with E-state index in [9.17, 15) is 14.7 Å². The van der Waals surface area contributed by atoms with E-state index in [1.54, 1.807) is 0 Å². The number of hydrogen-bond donors (Lipinski definition) is 2. The normalized spacial score (nSPS) is 30.3. The van der Waals surface area contributed by atoms with E-state index in [1.807, 2.05) is 18.7 Å². The topological polar surface area (TPSA) is 69.6 Å². The molecule has 1 aliphatic heterocycles. The molecule has 1 saturated heterocycles. The first-order chi connectivity index (χ1) is 9.99. The number of hydrogen-bond acceptors (Lipinski definition) is 3. The van der Waals surface area contributed by atoms with Crippen molar-refractivity contribution < 1.29 is 14.7 Å². The third kappa shape index (κ3) is 4.19. The lowest BCUT2D eigenvalue weighted by Crippen LogP contribution is -2.51. The molecule has 0 aromatic rings. The lowest BCUT2D eigenvalue weighted by atomic mass is 9.91. The predicted molar refractivity (Wildman–Crippen MR) is 80.5 cm³/mol. The van der Waals surface area contributed by atoms with Gasteiger partial charge in [-0.15, -0.1) is 0 Å². The highest BCUT2D eigenvalue weighted by atomic mass is 16.3. The summed E-state index contributed by atoms with van der Waals surface area (Å²) in [6.07, 6.45) is 5.01. The highest BCUT2D eigenvalue weighted by molar-refractivity contribution is 5.82. The number of amides is 2. The number of likely N-dealkylation sites (tertiary alicyclic amines) is 1. The fourth-order valence-corrected chi connectivity index (χ4v) is 3.34. The lowest BCUT2D eigenvalue weighted by Gasteiger charge is -2.35. The molecule has 3 atom stereocenters. The Labute approximate surface area is 127 Å². The van der Waals surface area contributed by atoms with E-state index in [1.165, 1.54) is 0 Å². The zero-order valence-corrected chi connectivity index (χ0v) is 13.2. The van der Waals surface area contributed by atoms with E-state index in [4.69, 9.17) is 0 Å². The maximum Gasteiger partial charge on any atom is 0.225 e. The van der Waals surface area contributed by atoms with Gasteiger partial charge in [0.05, 0.1) is 18.1 Å². The summed E-state index contributed by atoms with van der Waals surface area (Å²) in [5.74, 6) is -0.0186. The summed E-state index contributed by atoms with van der Waals surface area (Å²) in [6, 6.07) is -0.109. The van der Waals surface area contributed by atoms with Crippen molar-refractivity contribution in [2.75, 3.05) is 13.1 Å². The Morgan fingerprint density at radius 2 is 1.86 bits per heavy atom. The molecule has 120 valence electrons. The van der Waals surface area contributed by atoms with Gasteiger partial charge in [-0.2, -0.15) is 0 Å². The van der Waals surface area contributed by atoms with Gasteiger partial charge in [-0.25, -0.2) is 0 Å². The molecular weight excluding hydrogens is 268 g/mol. The first kappa shape index (κ1) is 16.3. The van der Waals surface area contributed by atoms with Crippen molar-refractivity contribution in [3.8, 4) is 0 Å².